The number of amides is 1. The van der Waals surface area contributed by atoms with Gasteiger partial charge in [0.05, 0.1) is 12.2 Å². The molecule has 112 valence electrons. The Labute approximate surface area is 134 Å². The van der Waals surface area contributed by atoms with Gasteiger partial charge in [-0.05, 0) is 24.3 Å². The molecule has 1 aliphatic heterocycles. The number of Topliss-reactive ketones (excluding diaryl/α,β-unsaturated/α-hetero) is 1. The van der Waals surface area contributed by atoms with Crippen LogP contribution in [0.1, 0.15) is 10.4 Å². The molecule has 3 rings (SSSR count). The molecule has 0 aromatic heterocycles. The van der Waals surface area contributed by atoms with E-state index >= 15 is 0 Å². The Bertz CT molecular complexity index is 746. The van der Waals surface area contributed by atoms with Crippen molar-refractivity contribution < 1.29 is 18.7 Å². The average Bonchev–Trinajstić information content (AvgIpc) is 2.51. The lowest BCUT2D eigenvalue weighted by Crippen LogP contribution is -2.42. The normalized spacial score (nSPS) is 13.5. The number of anilines is 1. The Hall–Kier alpha value is -2.21. The van der Waals surface area contributed by atoms with E-state index in [4.69, 9.17) is 4.74 Å². The summed E-state index contributed by atoms with van der Waals surface area (Å²) < 4.78 is 19.5. The summed E-state index contributed by atoms with van der Waals surface area (Å²) >= 11 is 3.30. The largest absolute Gasteiger partial charge is 0.482 e. The molecule has 0 unspecified atom stereocenters. The van der Waals surface area contributed by atoms with Crippen molar-refractivity contribution in [3.05, 3.63) is 58.3 Å². The van der Waals surface area contributed by atoms with Crippen molar-refractivity contribution in [2.45, 2.75) is 0 Å². The van der Waals surface area contributed by atoms with Gasteiger partial charge in [0.2, 0.25) is 0 Å². The van der Waals surface area contributed by atoms with E-state index in [2.05, 4.69) is 15.9 Å². The van der Waals surface area contributed by atoms with Crippen molar-refractivity contribution >= 4 is 33.3 Å². The van der Waals surface area contributed by atoms with Crippen molar-refractivity contribution in [1.82, 2.24) is 0 Å². The first-order valence-electron chi connectivity index (χ1n) is 6.56. The second kappa shape index (κ2) is 5.88. The number of hydrogen-bond acceptors (Lipinski definition) is 3. The number of ether oxygens (including phenoxy) is 1. The monoisotopic (exact) mass is 363 g/mol. The second-order valence-corrected chi connectivity index (χ2v) is 5.73. The number of fused-ring (bicyclic) bond motifs is 1. The van der Waals surface area contributed by atoms with E-state index in [1.807, 2.05) is 0 Å². The van der Waals surface area contributed by atoms with Gasteiger partial charge in [0.25, 0.3) is 5.91 Å². The number of hydrogen-bond donors (Lipinski definition) is 0. The highest BCUT2D eigenvalue weighted by atomic mass is 79.9. The van der Waals surface area contributed by atoms with Crippen LogP contribution in [0.25, 0.3) is 0 Å². The van der Waals surface area contributed by atoms with Crippen molar-refractivity contribution in [3.8, 4) is 5.75 Å². The van der Waals surface area contributed by atoms with Crippen LogP contribution in [0.3, 0.4) is 0 Å². The molecule has 0 spiro atoms. The Morgan fingerprint density at radius 2 is 1.95 bits per heavy atom. The van der Waals surface area contributed by atoms with Gasteiger partial charge in [-0.2, -0.15) is 0 Å². The zero-order chi connectivity index (χ0) is 15.7. The molecule has 1 aliphatic rings. The van der Waals surface area contributed by atoms with Crippen LogP contribution in [0.15, 0.2) is 46.9 Å². The maximum Gasteiger partial charge on any atom is 0.265 e. The van der Waals surface area contributed by atoms with Gasteiger partial charge in [-0.25, -0.2) is 4.39 Å². The van der Waals surface area contributed by atoms with Crippen molar-refractivity contribution in [2.24, 2.45) is 0 Å². The fourth-order valence-corrected chi connectivity index (χ4v) is 2.48. The first-order chi connectivity index (χ1) is 10.5. The third-order valence-electron chi connectivity index (χ3n) is 3.33. The van der Waals surface area contributed by atoms with Crippen LogP contribution in [0.5, 0.6) is 5.75 Å². The number of benzene rings is 2. The van der Waals surface area contributed by atoms with Crippen LogP contribution < -0.4 is 9.64 Å². The number of rotatable bonds is 3. The molecule has 2 aromatic rings. The highest BCUT2D eigenvalue weighted by Crippen LogP contribution is 2.32. The lowest BCUT2D eigenvalue weighted by molar-refractivity contribution is -0.121. The second-order valence-electron chi connectivity index (χ2n) is 4.81. The molecule has 4 nitrogen and oxygen atoms in total. The summed E-state index contributed by atoms with van der Waals surface area (Å²) in [6.07, 6.45) is 0. The quantitative estimate of drug-likeness (QED) is 0.786. The van der Waals surface area contributed by atoms with E-state index in [-0.39, 0.29) is 30.5 Å². The van der Waals surface area contributed by atoms with Gasteiger partial charge in [-0.1, -0.05) is 28.1 Å². The summed E-state index contributed by atoms with van der Waals surface area (Å²) in [5, 5.41) is 0. The molecule has 1 heterocycles. The molecular formula is C16H11BrFNO3. The van der Waals surface area contributed by atoms with Crippen LogP contribution in [-0.2, 0) is 4.79 Å². The molecule has 0 aliphatic carbocycles. The molecular weight excluding hydrogens is 353 g/mol. The van der Waals surface area contributed by atoms with Gasteiger partial charge < -0.3 is 4.74 Å². The minimum Gasteiger partial charge on any atom is -0.482 e. The van der Waals surface area contributed by atoms with Crippen molar-refractivity contribution in [1.29, 1.82) is 0 Å². The molecule has 0 bridgehead atoms. The fraction of sp³-hybridized carbons (Fsp3) is 0.125. The molecule has 0 saturated carbocycles. The maximum absolute atomic E-state index is 13.4. The first-order valence-corrected chi connectivity index (χ1v) is 7.35. The smallest absolute Gasteiger partial charge is 0.265 e. The average molecular weight is 364 g/mol. The van der Waals surface area contributed by atoms with Gasteiger partial charge in [-0.3, -0.25) is 14.5 Å². The Morgan fingerprint density at radius 3 is 2.68 bits per heavy atom. The topological polar surface area (TPSA) is 46.6 Å². The number of carbonyl (C=O) groups is 2. The van der Waals surface area contributed by atoms with E-state index < -0.39 is 5.82 Å². The Balaban J connectivity index is 1.88. The van der Waals surface area contributed by atoms with Crippen LogP contribution in [0.2, 0.25) is 0 Å². The van der Waals surface area contributed by atoms with E-state index in [9.17, 15) is 14.0 Å². The summed E-state index contributed by atoms with van der Waals surface area (Å²) in [5.74, 6) is -0.690. The van der Waals surface area contributed by atoms with Crippen LogP contribution in [-0.4, -0.2) is 24.8 Å². The molecule has 1 amide bonds. The number of halogens is 2. The minimum absolute atomic E-state index is 0.153. The number of ketones is 1. The van der Waals surface area contributed by atoms with E-state index in [0.717, 1.165) is 4.47 Å². The third-order valence-corrected chi connectivity index (χ3v) is 3.86. The highest BCUT2D eigenvalue weighted by molar-refractivity contribution is 9.10. The fourth-order valence-electron chi connectivity index (χ4n) is 2.22. The molecule has 6 heteroatoms. The van der Waals surface area contributed by atoms with Gasteiger partial charge >= 0.3 is 0 Å². The Kier molecular flexibility index (Phi) is 3.94. The number of carbonyl (C=O) groups excluding carboxylic acids is 2. The van der Waals surface area contributed by atoms with Gasteiger partial charge in [0, 0.05) is 16.1 Å². The van der Waals surface area contributed by atoms with Crippen LogP contribution in [0, 0.1) is 5.82 Å². The molecule has 0 N–H and O–H groups in total. The standard InChI is InChI=1S/C16H11BrFNO3/c17-11-3-1-10(2-4-11)14(20)8-19-13-7-12(18)5-6-15(13)22-9-16(19)21/h1-7H,8-9H2. The summed E-state index contributed by atoms with van der Waals surface area (Å²) in [6, 6.07) is 10.7. The summed E-state index contributed by atoms with van der Waals surface area (Å²) in [6.45, 7) is -0.313. The van der Waals surface area contributed by atoms with Crippen molar-refractivity contribution in [3.63, 3.8) is 0 Å². The predicted octanol–water partition coefficient (Wildman–Crippen LogP) is 3.20. The highest BCUT2D eigenvalue weighted by Gasteiger charge is 2.28. The summed E-state index contributed by atoms with van der Waals surface area (Å²) in [5.41, 5.74) is 0.766. The number of nitrogens with zero attached hydrogens (tertiary/aromatic N) is 1. The lowest BCUT2D eigenvalue weighted by atomic mass is 10.1. The Morgan fingerprint density at radius 1 is 1.23 bits per heavy atom. The molecule has 0 radical (unpaired) electrons. The zero-order valence-corrected chi connectivity index (χ0v) is 13.0. The van der Waals surface area contributed by atoms with Gasteiger partial charge in [0.1, 0.15) is 11.6 Å². The molecule has 2 aromatic carbocycles. The first kappa shape index (κ1) is 14.7. The third kappa shape index (κ3) is 2.87. The van der Waals surface area contributed by atoms with Crippen LogP contribution >= 0.6 is 15.9 Å². The predicted molar refractivity (Wildman–Crippen MR) is 82.7 cm³/mol. The van der Waals surface area contributed by atoms with E-state index in [0.29, 0.717) is 11.3 Å². The van der Waals surface area contributed by atoms with E-state index in [1.165, 1.54) is 23.1 Å². The van der Waals surface area contributed by atoms with Gasteiger partial charge in [-0.15, -0.1) is 0 Å². The molecule has 0 atom stereocenters. The van der Waals surface area contributed by atoms with Crippen molar-refractivity contribution in [2.75, 3.05) is 18.1 Å². The molecule has 22 heavy (non-hydrogen) atoms. The molecule has 0 saturated heterocycles. The zero-order valence-electron chi connectivity index (χ0n) is 11.4. The van der Waals surface area contributed by atoms with Crippen LogP contribution in [0.4, 0.5) is 10.1 Å². The molecule has 0 fully saturated rings. The minimum atomic E-state index is -0.488. The van der Waals surface area contributed by atoms with E-state index in [1.54, 1.807) is 24.3 Å². The SMILES string of the molecule is O=C(CN1C(=O)COc2ccc(F)cc21)c1ccc(Br)cc1. The maximum atomic E-state index is 13.4. The summed E-state index contributed by atoms with van der Waals surface area (Å²) in [7, 11) is 0. The summed E-state index contributed by atoms with van der Waals surface area (Å²) in [4.78, 5) is 25.6. The van der Waals surface area contributed by atoms with Gasteiger partial charge in [0.15, 0.2) is 12.4 Å². The lowest BCUT2D eigenvalue weighted by Gasteiger charge is -2.28.